The number of nitrogen functional groups attached to an aromatic ring is 1. The minimum absolute atomic E-state index is 0.420. The summed E-state index contributed by atoms with van der Waals surface area (Å²) >= 11 is 0. The van der Waals surface area contributed by atoms with Crippen molar-refractivity contribution in [1.82, 2.24) is 9.55 Å². The van der Waals surface area contributed by atoms with Crippen LogP contribution in [0.4, 0.5) is 19.0 Å². The second kappa shape index (κ2) is 4.72. The smallest absolute Gasteiger partial charge is 0.388 e. The summed E-state index contributed by atoms with van der Waals surface area (Å²) in [7, 11) is 0. The Morgan fingerprint density at radius 2 is 2.00 bits per heavy atom. The van der Waals surface area contributed by atoms with Gasteiger partial charge in [0, 0.05) is 6.20 Å². The van der Waals surface area contributed by atoms with Gasteiger partial charge in [0.2, 0.25) is 0 Å². The number of rotatable bonds is 1. The Bertz CT molecular complexity index is 574. The van der Waals surface area contributed by atoms with Crippen molar-refractivity contribution >= 4 is 5.82 Å². The van der Waals surface area contributed by atoms with E-state index in [-0.39, 0.29) is 0 Å². The lowest BCUT2D eigenvalue weighted by Gasteiger charge is -2.19. The molecule has 1 aliphatic rings. The fourth-order valence-corrected chi connectivity index (χ4v) is 1.94. The van der Waals surface area contributed by atoms with Crippen molar-refractivity contribution in [2.24, 2.45) is 0 Å². The fraction of sp³-hybridized carbons (Fsp3) is 0.600. The highest BCUT2D eigenvalue weighted by molar-refractivity contribution is 5.39. The van der Waals surface area contributed by atoms with Gasteiger partial charge in [-0.05, 0) is 6.92 Å². The molecule has 112 valence electrons. The number of halogens is 3. The molecule has 2 unspecified atom stereocenters. The van der Waals surface area contributed by atoms with E-state index in [0.29, 0.717) is 10.8 Å². The SMILES string of the molecule is C[C@H]1O[C@@H](n2cc(C(F)(F)F)c(N)nc2=O)C(O)C1O. The van der Waals surface area contributed by atoms with E-state index in [1.807, 2.05) is 0 Å². The second-order valence-corrected chi connectivity index (χ2v) is 4.44. The molecule has 0 aromatic carbocycles. The number of aliphatic hydroxyl groups excluding tert-OH is 2. The number of ether oxygens (including phenoxy) is 1. The lowest BCUT2D eigenvalue weighted by molar-refractivity contribution is -0.138. The average Bonchev–Trinajstić information content (AvgIpc) is 2.55. The molecule has 7 nitrogen and oxygen atoms in total. The maximum atomic E-state index is 12.7. The zero-order valence-electron chi connectivity index (χ0n) is 10.2. The van der Waals surface area contributed by atoms with Crippen LogP contribution in [0.3, 0.4) is 0 Å². The average molecular weight is 295 g/mol. The predicted molar refractivity (Wildman–Crippen MR) is 59.5 cm³/mol. The Kier molecular flexibility index (Phi) is 3.48. The van der Waals surface area contributed by atoms with Gasteiger partial charge in [-0.2, -0.15) is 18.2 Å². The molecule has 1 fully saturated rings. The number of alkyl halides is 3. The third-order valence-electron chi connectivity index (χ3n) is 3.04. The first kappa shape index (κ1) is 14.8. The third kappa shape index (κ3) is 2.37. The molecule has 0 bridgehead atoms. The summed E-state index contributed by atoms with van der Waals surface area (Å²) in [5, 5.41) is 19.2. The van der Waals surface area contributed by atoms with E-state index < -0.39 is 47.8 Å². The minimum atomic E-state index is -4.81. The molecule has 0 amide bonds. The summed E-state index contributed by atoms with van der Waals surface area (Å²) in [4.78, 5) is 14.7. The quantitative estimate of drug-likeness (QED) is 0.643. The van der Waals surface area contributed by atoms with Crippen LogP contribution in [0, 0.1) is 0 Å². The number of nitrogens with zero attached hydrogens (tertiary/aromatic N) is 2. The number of aromatic nitrogens is 2. The summed E-state index contributed by atoms with van der Waals surface area (Å²) in [6.45, 7) is 1.41. The van der Waals surface area contributed by atoms with Crippen molar-refractivity contribution in [3.63, 3.8) is 0 Å². The zero-order chi connectivity index (χ0) is 15.2. The topological polar surface area (TPSA) is 111 Å². The number of nitrogens with two attached hydrogens (primary N) is 1. The molecule has 0 saturated carbocycles. The number of anilines is 1. The van der Waals surface area contributed by atoms with E-state index in [2.05, 4.69) is 4.98 Å². The highest BCUT2D eigenvalue weighted by Crippen LogP contribution is 2.34. The number of aliphatic hydroxyl groups is 2. The van der Waals surface area contributed by atoms with Gasteiger partial charge in [-0.15, -0.1) is 0 Å². The standard InChI is InChI=1S/C10H12F3N3O4/c1-3-5(17)6(18)8(20-3)16-2-4(10(11,12)13)7(14)15-9(16)19/h2-3,5-6,8,17-18H,1H3,(H2,14,15,19)/t3-,5?,6?,8-/m1/s1. The van der Waals surface area contributed by atoms with Crippen LogP contribution in [-0.4, -0.2) is 38.1 Å². The first-order chi connectivity index (χ1) is 9.12. The van der Waals surface area contributed by atoms with Gasteiger partial charge in [0.15, 0.2) is 6.23 Å². The summed E-state index contributed by atoms with van der Waals surface area (Å²) in [5.74, 6) is -0.958. The Hall–Kier alpha value is -1.65. The van der Waals surface area contributed by atoms with Crippen molar-refractivity contribution in [3.8, 4) is 0 Å². The van der Waals surface area contributed by atoms with E-state index >= 15 is 0 Å². The van der Waals surface area contributed by atoms with E-state index in [4.69, 9.17) is 10.5 Å². The lowest BCUT2D eigenvalue weighted by Crippen LogP contribution is -2.36. The van der Waals surface area contributed by atoms with Crippen molar-refractivity contribution in [2.45, 2.75) is 37.6 Å². The largest absolute Gasteiger partial charge is 0.421 e. The van der Waals surface area contributed by atoms with Crippen LogP contribution in [0.2, 0.25) is 0 Å². The lowest BCUT2D eigenvalue weighted by atomic mass is 10.1. The van der Waals surface area contributed by atoms with E-state index in [1.54, 1.807) is 0 Å². The van der Waals surface area contributed by atoms with Crippen LogP contribution in [0.25, 0.3) is 0 Å². The Balaban J connectivity index is 2.51. The van der Waals surface area contributed by atoms with Gasteiger partial charge in [0.25, 0.3) is 0 Å². The third-order valence-corrected chi connectivity index (χ3v) is 3.04. The van der Waals surface area contributed by atoms with Gasteiger partial charge in [0.1, 0.15) is 23.6 Å². The highest BCUT2D eigenvalue weighted by Gasteiger charge is 2.43. The van der Waals surface area contributed by atoms with Crippen LogP contribution >= 0.6 is 0 Å². The molecule has 4 N–H and O–H groups in total. The molecule has 1 aliphatic heterocycles. The van der Waals surface area contributed by atoms with Gasteiger partial charge in [-0.1, -0.05) is 0 Å². The minimum Gasteiger partial charge on any atom is -0.388 e. The predicted octanol–water partition coefficient (Wildman–Crippen LogP) is -0.517. The van der Waals surface area contributed by atoms with Gasteiger partial charge in [-0.25, -0.2) is 4.79 Å². The molecule has 2 rings (SSSR count). The fourth-order valence-electron chi connectivity index (χ4n) is 1.94. The molecule has 4 atom stereocenters. The van der Waals surface area contributed by atoms with Crippen LogP contribution < -0.4 is 11.4 Å². The van der Waals surface area contributed by atoms with Crippen molar-refractivity contribution < 1.29 is 28.1 Å². The first-order valence-corrected chi connectivity index (χ1v) is 5.60. The van der Waals surface area contributed by atoms with Crippen LogP contribution in [-0.2, 0) is 10.9 Å². The summed E-state index contributed by atoms with van der Waals surface area (Å²) in [6.07, 6.45) is -9.55. The maximum absolute atomic E-state index is 12.7. The molecule has 1 saturated heterocycles. The molecular formula is C10H12F3N3O4. The zero-order valence-corrected chi connectivity index (χ0v) is 10.2. The molecule has 10 heteroatoms. The van der Waals surface area contributed by atoms with Gasteiger partial charge in [0.05, 0.1) is 6.10 Å². The van der Waals surface area contributed by atoms with Crippen molar-refractivity contribution in [3.05, 3.63) is 22.2 Å². The van der Waals surface area contributed by atoms with Crippen LogP contribution in [0.15, 0.2) is 11.0 Å². The number of hydrogen-bond donors (Lipinski definition) is 3. The molecule has 1 aromatic heterocycles. The Labute approximate surface area is 110 Å². The summed E-state index contributed by atoms with van der Waals surface area (Å²) in [6, 6.07) is 0. The normalized spacial score (nSPS) is 30.7. The second-order valence-electron chi connectivity index (χ2n) is 4.44. The monoisotopic (exact) mass is 295 g/mol. The molecule has 0 spiro atoms. The Morgan fingerprint density at radius 1 is 1.40 bits per heavy atom. The van der Waals surface area contributed by atoms with E-state index in [0.717, 1.165) is 0 Å². The van der Waals surface area contributed by atoms with Crippen LogP contribution in [0.5, 0.6) is 0 Å². The summed E-state index contributed by atoms with van der Waals surface area (Å²) < 4.78 is 43.7. The number of hydrogen-bond acceptors (Lipinski definition) is 6. The van der Waals surface area contributed by atoms with Crippen molar-refractivity contribution in [2.75, 3.05) is 5.73 Å². The molecule has 0 aliphatic carbocycles. The van der Waals surface area contributed by atoms with Gasteiger partial charge >= 0.3 is 11.9 Å². The van der Waals surface area contributed by atoms with Crippen molar-refractivity contribution in [1.29, 1.82) is 0 Å². The van der Waals surface area contributed by atoms with E-state index in [1.165, 1.54) is 6.92 Å². The van der Waals surface area contributed by atoms with E-state index in [9.17, 15) is 28.2 Å². The van der Waals surface area contributed by atoms with Gasteiger partial charge < -0.3 is 20.7 Å². The van der Waals surface area contributed by atoms with Crippen LogP contribution in [0.1, 0.15) is 18.7 Å². The Morgan fingerprint density at radius 3 is 2.45 bits per heavy atom. The molecule has 20 heavy (non-hydrogen) atoms. The molecule has 2 heterocycles. The first-order valence-electron chi connectivity index (χ1n) is 5.60. The summed E-state index contributed by atoms with van der Waals surface area (Å²) in [5.41, 5.74) is 2.64. The molecule has 0 radical (unpaired) electrons. The molecular weight excluding hydrogens is 283 g/mol. The molecule has 1 aromatic rings. The highest BCUT2D eigenvalue weighted by atomic mass is 19.4. The van der Waals surface area contributed by atoms with Gasteiger partial charge in [-0.3, -0.25) is 4.57 Å². The maximum Gasteiger partial charge on any atom is 0.421 e.